The van der Waals surface area contributed by atoms with Gasteiger partial charge in [-0.2, -0.15) is 0 Å². The molecule has 0 amide bonds. The molecule has 32 heavy (non-hydrogen) atoms. The summed E-state index contributed by atoms with van der Waals surface area (Å²) in [6, 6.07) is 24.1. The van der Waals surface area contributed by atoms with Crippen molar-refractivity contribution in [2.45, 2.75) is 31.1 Å². The van der Waals surface area contributed by atoms with Crippen molar-refractivity contribution >= 4 is 15.7 Å². The molecule has 0 aromatic heterocycles. The highest BCUT2D eigenvalue weighted by Crippen LogP contribution is 2.37. The minimum Gasteiger partial charge on any atom is -0.497 e. The quantitative estimate of drug-likeness (QED) is 0.377. The molecule has 6 heteroatoms. The van der Waals surface area contributed by atoms with Gasteiger partial charge in [-0.25, -0.2) is 8.42 Å². The molecule has 0 aliphatic carbocycles. The van der Waals surface area contributed by atoms with Crippen LogP contribution in [-0.2, 0) is 10.0 Å². The lowest BCUT2D eigenvalue weighted by Crippen LogP contribution is -2.32. The van der Waals surface area contributed by atoms with Gasteiger partial charge in [-0.1, -0.05) is 61.9 Å². The Kier molecular flexibility index (Phi) is 8.71. The van der Waals surface area contributed by atoms with Gasteiger partial charge < -0.3 is 10.1 Å². The van der Waals surface area contributed by atoms with E-state index in [0.717, 1.165) is 43.5 Å². The number of nitrogens with one attached hydrogen (secondary N) is 1. The van der Waals surface area contributed by atoms with Crippen LogP contribution < -0.4 is 14.4 Å². The Hall–Kier alpha value is -2.83. The summed E-state index contributed by atoms with van der Waals surface area (Å²) in [5, 5.41) is 3.32. The molecule has 0 bridgehead atoms. The minimum absolute atomic E-state index is 0.294. The Morgan fingerprint density at radius 3 is 2.22 bits per heavy atom. The van der Waals surface area contributed by atoms with Crippen LogP contribution in [0.25, 0.3) is 11.1 Å². The van der Waals surface area contributed by atoms with Crippen molar-refractivity contribution in [2.75, 3.05) is 31.0 Å². The van der Waals surface area contributed by atoms with Gasteiger partial charge in [0.05, 0.1) is 17.7 Å². The molecule has 0 aliphatic rings. The average Bonchev–Trinajstić information content (AvgIpc) is 2.84. The SMILES string of the molecule is CCNCCCCCN(c1ccc(OC)cc1-c1ccccc1)S(=O)(=O)c1ccccc1. The van der Waals surface area contributed by atoms with Crippen molar-refractivity contribution in [3.05, 3.63) is 78.9 Å². The number of unbranched alkanes of at least 4 members (excludes halogenated alkanes) is 2. The highest BCUT2D eigenvalue weighted by Gasteiger charge is 2.27. The van der Waals surface area contributed by atoms with Gasteiger partial charge in [-0.15, -0.1) is 0 Å². The van der Waals surface area contributed by atoms with E-state index in [-0.39, 0.29) is 0 Å². The van der Waals surface area contributed by atoms with E-state index in [1.54, 1.807) is 35.7 Å². The Morgan fingerprint density at radius 2 is 1.56 bits per heavy atom. The summed E-state index contributed by atoms with van der Waals surface area (Å²) in [4.78, 5) is 0.294. The Bertz CT molecular complexity index is 1070. The molecule has 3 aromatic carbocycles. The summed E-state index contributed by atoms with van der Waals surface area (Å²) < 4.78 is 34.4. The van der Waals surface area contributed by atoms with Gasteiger partial charge in [0.1, 0.15) is 5.75 Å². The molecule has 0 unspecified atom stereocenters. The van der Waals surface area contributed by atoms with Gasteiger partial charge in [0.15, 0.2) is 0 Å². The lowest BCUT2D eigenvalue weighted by atomic mass is 10.0. The first-order chi connectivity index (χ1) is 15.6. The van der Waals surface area contributed by atoms with E-state index in [9.17, 15) is 8.42 Å². The van der Waals surface area contributed by atoms with Crippen molar-refractivity contribution in [3.63, 3.8) is 0 Å². The highest BCUT2D eigenvalue weighted by molar-refractivity contribution is 7.92. The number of methoxy groups -OCH3 is 1. The first kappa shape index (κ1) is 23.8. The fraction of sp³-hybridized carbons (Fsp3) is 0.308. The Labute approximate surface area is 192 Å². The van der Waals surface area contributed by atoms with Crippen molar-refractivity contribution in [1.29, 1.82) is 0 Å². The second-order valence-corrected chi connectivity index (χ2v) is 9.42. The van der Waals surface area contributed by atoms with Crippen LogP contribution in [0.1, 0.15) is 26.2 Å². The Balaban J connectivity index is 2.01. The zero-order chi connectivity index (χ0) is 22.8. The van der Waals surface area contributed by atoms with E-state index in [1.165, 1.54) is 0 Å². The number of hydrogen-bond donors (Lipinski definition) is 1. The van der Waals surface area contributed by atoms with Gasteiger partial charge >= 0.3 is 0 Å². The average molecular weight is 453 g/mol. The summed E-state index contributed by atoms with van der Waals surface area (Å²) in [6.07, 6.45) is 2.74. The number of anilines is 1. The molecule has 0 saturated carbocycles. The van der Waals surface area contributed by atoms with Gasteiger partial charge in [-0.3, -0.25) is 4.31 Å². The molecule has 0 aliphatic heterocycles. The molecule has 0 spiro atoms. The maximum Gasteiger partial charge on any atom is 0.264 e. The number of nitrogens with zero attached hydrogens (tertiary/aromatic N) is 1. The summed E-state index contributed by atoms with van der Waals surface area (Å²) in [6.45, 7) is 4.39. The third kappa shape index (κ3) is 5.90. The molecule has 0 fully saturated rings. The standard InChI is InChI=1S/C26H32N2O3S/c1-3-27-19-11-6-12-20-28(32(29,30)24-15-9-5-10-16-24)26-18-17-23(31-2)21-25(26)22-13-7-4-8-14-22/h4-5,7-10,13-18,21,27H,3,6,11-12,19-20H2,1-2H3. The number of ether oxygens (including phenoxy) is 1. The molecule has 3 rings (SSSR count). The van der Waals surface area contributed by atoms with E-state index < -0.39 is 10.0 Å². The van der Waals surface area contributed by atoms with Gasteiger partial charge in [0, 0.05) is 12.1 Å². The van der Waals surface area contributed by atoms with E-state index in [0.29, 0.717) is 22.9 Å². The third-order valence-corrected chi connectivity index (χ3v) is 7.18. The smallest absolute Gasteiger partial charge is 0.264 e. The van der Waals surface area contributed by atoms with E-state index >= 15 is 0 Å². The number of benzene rings is 3. The number of hydrogen-bond acceptors (Lipinski definition) is 4. The van der Waals surface area contributed by atoms with Crippen molar-refractivity contribution in [2.24, 2.45) is 0 Å². The van der Waals surface area contributed by atoms with Crippen molar-refractivity contribution < 1.29 is 13.2 Å². The molecule has 5 nitrogen and oxygen atoms in total. The van der Waals surface area contributed by atoms with E-state index in [1.807, 2.05) is 54.6 Å². The molecular weight excluding hydrogens is 420 g/mol. The first-order valence-corrected chi connectivity index (χ1v) is 12.5. The van der Waals surface area contributed by atoms with Gasteiger partial charge in [0.25, 0.3) is 10.0 Å². The lowest BCUT2D eigenvalue weighted by molar-refractivity contribution is 0.415. The van der Waals surface area contributed by atoms with E-state index in [4.69, 9.17) is 4.74 Å². The van der Waals surface area contributed by atoms with Crippen LogP contribution in [0.3, 0.4) is 0 Å². The zero-order valence-electron chi connectivity index (χ0n) is 18.8. The normalized spacial score (nSPS) is 11.3. The monoisotopic (exact) mass is 452 g/mol. The predicted molar refractivity (Wildman–Crippen MR) is 132 cm³/mol. The van der Waals surface area contributed by atoms with Crippen LogP contribution in [0.4, 0.5) is 5.69 Å². The molecule has 3 aromatic rings. The lowest BCUT2D eigenvalue weighted by Gasteiger charge is -2.27. The minimum atomic E-state index is -3.72. The maximum atomic E-state index is 13.7. The zero-order valence-corrected chi connectivity index (χ0v) is 19.6. The topological polar surface area (TPSA) is 58.6 Å². The molecule has 0 radical (unpaired) electrons. The molecule has 170 valence electrons. The molecule has 0 atom stereocenters. The number of sulfonamides is 1. The van der Waals surface area contributed by atoms with Crippen LogP contribution >= 0.6 is 0 Å². The van der Waals surface area contributed by atoms with Crippen LogP contribution in [0.2, 0.25) is 0 Å². The fourth-order valence-corrected chi connectivity index (χ4v) is 5.20. The molecular formula is C26H32N2O3S. The van der Waals surface area contributed by atoms with Crippen molar-refractivity contribution in [1.82, 2.24) is 5.32 Å². The van der Waals surface area contributed by atoms with Crippen LogP contribution in [0.5, 0.6) is 5.75 Å². The van der Waals surface area contributed by atoms with E-state index in [2.05, 4.69) is 12.2 Å². The van der Waals surface area contributed by atoms with Crippen LogP contribution in [-0.4, -0.2) is 35.2 Å². The largest absolute Gasteiger partial charge is 0.497 e. The second-order valence-electron chi connectivity index (χ2n) is 7.55. The molecule has 0 heterocycles. The van der Waals surface area contributed by atoms with Crippen molar-refractivity contribution in [3.8, 4) is 16.9 Å². The summed E-state index contributed by atoms with van der Waals surface area (Å²) in [5.41, 5.74) is 2.44. The van der Waals surface area contributed by atoms with Gasteiger partial charge in [-0.05, 0) is 61.8 Å². The predicted octanol–water partition coefficient (Wildman–Crippen LogP) is 5.34. The second kappa shape index (κ2) is 11.7. The number of rotatable bonds is 12. The van der Waals surface area contributed by atoms with Crippen LogP contribution in [0, 0.1) is 0 Å². The highest BCUT2D eigenvalue weighted by atomic mass is 32.2. The fourth-order valence-electron chi connectivity index (χ4n) is 3.66. The third-order valence-electron chi connectivity index (χ3n) is 5.35. The maximum absolute atomic E-state index is 13.7. The summed E-state index contributed by atoms with van der Waals surface area (Å²) >= 11 is 0. The molecule has 1 N–H and O–H groups in total. The Morgan fingerprint density at radius 1 is 0.875 bits per heavy atom. The summed E-state index contributed by atoms with van der Waals surface area (Å²) in [5.74, 6) is 0.690. The molecule has 0 saturated heterocycles. The summed E-state index contributed by atoms with van der Waals surface area (Å²) in [7, 11) is -2.11. The van der Waals surface area contributed by atoms with Crippen LogP contribution in [0.15, 0.2) is 83.8 Å². The first-order valence-electron chi connectivity index (χ1n) is 11.1. The van der Waals surface area contributed by atoms with Gasteiger partial charge in [0.2, 0.25) is 0 Å².